The van der Waals surface area contributed by atoms with E-state index in [0.29, 0.717) is 12.0 Å². The zero-order chi connectivity index (χ0) is 14.3. The van der Waals surface area contributed by atoms with Gasteiger partial charge in [-0.2, -0.15) is 0 Å². The number of carbonyl (C=O) groups excluding carboxylic acids is 1. The van der Waals surface area contributed by atoms with Crippen LogP contribution in [-0.2, 0) is 4.79 Å². The summed E-state index contributed by atoms with van der Waals surface area (Å²) in [6, 6.07) is 5.71. The minimum Gasteiger partial charge on any atom is -0.394 e. The molecule has 0 spiro atoms. The molecule has 1 amide bonds. The Balaban J connectivity index is 2.68. The summed E-state index contributed by atoms with van der Waals surface area (Å²) in [6.45, 7) is 1.73. The van der Waals surface area contributed by atoms with E-state index in [1.54, 1.807) is 12.1 Å². The largest absolute Gasteiger partial charge is 0.394 e. The molecule has 6 nitrogen and oxygen atoms in total. The highest BCUT2D eigenvalue weighted by atomic mass is 16.6. The first-order valence-corrected chi connectivity index (χ1v) is 5.90. The van der Waals surface area contributed by atoms with Gasteiger partial charge in [-0.1, -0.05) is 19.1 Å². The number of aliphatic hydroxyl groups excluding tert-OH is 1. The highest BCUT2D eigenvalue weighted by Crippen LogP contribution is 2.13. The molecule has 1 rings (SSSR count). The fraction of sp³-hybridized carbons (Fsp3) is 0.308. The van der Waals surface area contributed by atoms with E-state index in [4.69, 9.17) is 5.11 Å². The summed E-state index contributed by atoms with van der Waals surface area (Å²) < 4.78 is 0. The van der Waals surface area contributed by atoms with Crippen molar-refractivity contribution in [3.8, 4) is 0 Å². The Hall–Kier alpha value is -2.21. The fourth-order valence-electron chi connectivity index (χ4n) is 1.44. The molecule has 0 radical (unpaired) electrons. The molecule has 19 heavy (non-hydrogen) atoms. The molecule has 1 atom stereocenters. The second-order valence-corrected chi connectivity index (χ2v) is 3.98. The first kappa shape index (κ1) is 14.8. The molecule has 0 bridgehead atoms. The SMILES string of the molecule is CC[C@H](CO)NC(=O)/C=C/c1cccc([N+](=O)[O-])c1. The van der Waals surface area contributed by atoms with Crippen LogP contribution in [0.3, 0.4) is 0 Å². The van der Waals surface area contributed by atoms with Gasteiger partial charge in [0, 0.05) is 18.2 Å². The highest BCUT2D eigenvalue weighted by molar-refractivity contribution is 5.91. The summed E-state index contributed by atoms with van der Waals surface area (Å²) in [4.78, 5) is 21.6. The van der Waals surface area contributed by atoms with E-state index in [-0.39, 0.29) is 24.2 Å². The molecule has 6 heteroatoms. The lowest BCUT2D eigenvalue weighted by molar-refractivity contribution is -0.384. The molecule has 0 heterocycles. The summed E-state index contributed by atoms with van der Waals surface area (Å²) >= 11 is 0. The number of nitrogens with one attached hydrogen (secondary N) is 1. The number of non-ortho nitro benzene ring substituents is 1. The number of rotatable bonds is 6. The molecule has 0 aromatic heterocycles. The first-order valence-electron chi connectivity index (χ1n) is 5.90. The minimum atomic E-state index is -0.490. The summed E-state index contributed by atoms with van der Waals surface area (Å²) in [5.41, 5.74) is 0.547. The Morgan fingerprint density at radius 1 is 1.58 bits per heavy atom. The smallest absolute Gasteiger partial charge is 0.270 e. The molecule has 0 aliphatic carbocycles. The molecule has 2 N–H and O–H groups in total. The number of hydrogen-bond donors (Lipinski definition) is 2. The van der Waals surface area contributed by atoms with Gasteiger partial charge in [0.15, 0.2) is 0 Å². The number of carbonyl (C=O) groups is 1. The first-order chi connectivity index (χ1) is 9.06. The van der Waals surface area contributed by atoms with Crippen LogP contribution in [0.15, 0.2) is 30.3 Å². The minimum absolute atomic E-state index is 0.0237. The predicted molar refractivity (Wildman–Crippen MR) is 71.4 cm³/mol. The van der Waals surface area contributed by atoms with Gasteiger partial charge in [0.1, 0.15) is 0 Å². The molecule has 0 aliphatic heterocycles. The molecular formula is C13H16N2O4. The van der Waals surface area contributed by atoms with Crippen molar-refractivity contribution in [3.05, 3.63) is 46.0 Å². The van der Waals surface area contributed by atoms with Crippen LogP contribution in [0, 0.1) is 10.1 Å². The normalized spacial score (nSPS) is 12.3. The number of nitrogens with zero attached hydrogens (tertiary/aromatic N) is 1. The van der Waals surface area contributed by atoms with Crippen LogP contribution >= 0.6 is 0 Å². The molecule has 102 valence electrons. The van der Waals surface area contributed by atoms with Crippen LogP contribution < -0.4 is 5.32 Å². The van der Waals surface area contributed by atoms with Crippen molar-refractivity contribution < 1.29 is 14.8 Å². The number of benzene rings is 1. The van der Waals surface area contributed by atoms with E-state index in [1.807, 2.05) is 6.92 Å². The predicted octanol–water partition coefficient (Wildman–Crippen LogP) is 1.50. The van der Waals surface area contributed by atoms with Crippen molar-refractivity contribution >= 4 is 17.7 Å². The van der Waals surface area contributed by atoms with E-state index >= 15 is 0 Å². The number of nitro groups is 1. The lowest BCUT2D eigenvalue weighted by atomic mass is 10.2. The molecule has 1 aromatic rings. The van der Waals surface area contributed by atoms with Crippen molar-refractivity contribution in [2.45, 2.75) is 19.4 Å². The second-order valence-electron chi connectivity index (χ2n) is 3.98. The Labute approximate surface area is 110 Å². The molecule has 0 saturated heterocycles. The maximum absolute atomic E-state index is 11.5. The summed E-state index contributed by atoms with van der Waals surface area (Å²) in [5.74, 6) is -0.340. The van der Waals surface area contributed by atoms with Crippen molar-refractivity contribution in [1.82, 2.24) is 5.32 Å². The quantitative estimate of drug-likeness (QED) is 0.462. The van der Waals surface area contributed by atoms with Gasteiger partial charge in [-0.3, -0.25) is 14.9 Å². The number of amides is 1. The third-order valence-corrected chi connectivity index (χ3v) is 2.57. The van der Waals surface area contributed by atoms with Gasteiger partial charge in [0.25, 0.3) is 5.69 Å². The van der Waals surface area contributed by atoms with Gasteiger partial charge in [0.2, 0.25) is 5.91 Å². The average molecular weight is 264 g/mol. The van der Waals surface area contributed by atoms with E-state index < -0.39 is 4.92 Å². The highest BCUT2D eigenvalue weighted by Gasteiger charge is 2.07. The Bertz CT molecular complexity index is 481. The van der Waals surface area contributed by atoms with Gasteiger partial charge < -0.3 is 10.4 Å². The van der Waals surface area contributed by atoms with Crippen LogP contribution in [0.5, 0.6) is 0 Å². The number of hydrogen-bond acceptors (Lipinski definition) is 4. The summed E-state index contributed by atoms with van der Waals surface area (Å²) in [6.07, 6.45) is 3.41. The third-order valence-electron chi connectivity index (χ3n) is 2.57. The Kier molecular flexibility index (Phi) is 5.69. The van der Waals surface area contributed by atoms with E-state index in [9.17, 15) is 14.9 Å². The van der Waals surface area contributed by atoms with E-state index in [0.717, 1.165) is 0 Å². The maximum atomic E-state index is 11.5. The van der Waals surface area contributed by atoms with Gasteiger partial charge in [-0.25, -0.2) is 0 Å². The molecule has 0 aliphatic rings. The second kappa shape index (κ2) is 7.27. The average Bonchev–Trinajstić information content (AvgIpc) is 2.42. The lowest BCUT2D eigenvalue weighted by Gasteiger charge is -2.11. The van der Waals surface area contributed by atoms with Crippen molar-refractivity contribution in [1.29, 1.82) is 0 Å². The summed E-state index contributed by atoms with van der Waals surface area (Å²) in [7, 11) is 0. The fourth-order valence-corrected chi connectivity index (χ4v) is 1.44. The number of aliphatic hydroxyl groups is 1. The van der Waals surface area contributed by atoms with Crippen molar-refractivity contribution in [2.24, 2.45) is 0 Å². The van der Waals surface area contributed by atoms with E-state index in [1.165, 1.54) is 24.3 Å². The van der Waals surface area contributed by atoms with Crippen LogP contribution in [0.4, 0.5) is 5.69 Å². The molecule has 0 saturated carbocycles. The third kappa shape index (κ3) is 4.89. The van der Waals surface area contributed by atoms with Crippen LogP contribution in [0.25, 0.3) is 6.08 Å². The lowest BCUT2D eigenvalue weighted by Crippen LogP contribution is -2.35. The van der Waals surface area contributed by atoms with Crippen LogP contribution in [-0.4, -0.2) is 28.6 Å². The maximum Gasteiger partial charge on any atom is 0.270 e. The van der Waals surface area contributed by atoms with Gasteiger partial charge in [-0.05, 0) is 18.1 Å². The zero-order valence-electron chi connectivity index (χ0n) is 10.6. The van der Waals surface area contributed by atoms with Crippen molar-refractivity contribution in [3.63, 3.8) is 0 Å². The topological polar surface area (TPSA) is 92.5 Å². The van der Waals surface area contributed by atoms with E-state index in [2.05, 4.69) is 5.32 Å². The molecule has 0 fully saturated rings. The van der Waals surface area contributed by atoms with Gasteiger partial charge in [0.05, 0.1) is 17.6 Å². The molecule has 0 unspecified atom stereocenters. The number of nitro benzene ring substituents is 1. The van der Waals surface area contributed by atoms with Crippen LogP contribution in [0.1, 0.15) is 18.9 Å². The summed E-state index contributed by atoms with van der Waals surface area (Å²) in [5, 5.41) is 22.1. The van der Waals surface area contributed by atoms with Gasteiger partial charge >= 0.3 is 0 Å². The molecular weight excluding hydrogens is 248 g/mol. The van der Waals surface area contributed by atoms with Gasteiger partial charge in [-0.15, -0.1) is 0 Å². The monoisotopic (exact) mass is 264 g/mol. The molecule has 1 aromatic carbocycles. The Morgan fingerprint density at radius 2 is 2.32 bits per heavy atom. The van der Waals surface area contributed by atoms with Crippen LogP contribution in [0.2, 0.25) is 0 Å². The standard InChI is InChI=1S/C13H16N2O4/c1-2-11(9-16)14-13(17)7-6-10-4-3-5-12(8-10)15(18)19/h3-8,11,16H,2,9H2,1H3,(H,14,17)/b7-6+/t11-/m1/s1. The zero-order valence-corrected chi connectivity index (χ0v) is 10.6. The Morgan fingerprint density at radius 3 is 2.89 bits per heavy atom. The van der Waals surface area contributed by atoms with Crippen molar-refractivity contribution in [2.75, 3.05) is 6.61 Å².